The molecule has 0 aliphatic heterocycles. The Kier molecular flexibility index (Phi) is 3.35. The number of fused-ring (bicyclic) bond motifs is 1. The second kappa shape index (κ2) is 4.74. The van der Waals surface area contributed by atoms with Gasteiger partial charge in [0.05, 0.1) is 0 Å². The van der Waals surface area contributed by atoms with Crippen molar-refractivity contribution in [2.45, 2.75) is 19.4 Å². The highest BCUT2D eigenvalue weighted by molar-refractivity contribution is 7.15. The Morgan fingerprint density at radius 1 is 1.67 bits per heavy atom. The van der Waals surface area contributed by atoms with E-state index in [0.717, 1.165) is 17.9 Å². The molecular formula is C10H16N4S. The first-order valence-corrected chi connectivity index (χ1v) is 6.02. The van der Waals surface area contributed by atoms with Crippen LogP contribution in [-0.4, -0.2) is 28.5 Å². The molecule has 1 unspecified atom stereocenters. The molecule has 15 heavy (non-hydrogen) atoms. The van der Waals surface area contributed by atoms with Gasteiger partial charge in [-0.1, -0.05) is 0 Å². The summed E-state index contributed by atoms with van der Waals surface area (Å²) >= 11 is 1.68. The van der Waals surface area contributed by atoms with Crippen molar-refractivity contribution in [1.82, 2.24) is 14.7 Å². The zero-order valence-corrected chi connectivity index (χ0v) is 9.63. The van der Waals surface area contributed by atoms with Crippen molar-refractivity contribution in [3.8, 4) is 0 Å². The van der Waals surface area contributed by atoms with E-state index in [9.17, 15) is 0 Å². The third kappa shape index (κ3) is 2.37. The largest absolute Gasteiger partial charge is 0.329 e. The minimum atomic E-state index is 0.391. The molecule has 2 heterocycles. The van der Waals surface area contributed by atoms with Gasteiger partial charge in [-0.05, 0) is 6.92 Å². The number of nitrogens with one attached hydrogen (secondary N) is 1. The smallest absolute Gasteiger partial charge is 0.193 e. The van der Waals surface area contributed by atoms with Crippen molar-refractivity contribution in [3.05, 3.63) is 23.5 Å². The third-order valence-electron chi connectivity index (χ3n) is 2.44. The molecule has 2 aromatic heterocycles. The molecule has 0 bridgehead atoms. The Morgan fingerprint density at radius 2 is 2.53 bits per heavy atom. The summed E-state index contributed by atoms with van der Waals surface area (Å²) in [5.74, 6) is 0. The maximum absolute atomic E-state index is 5.53. The number of thiazole rings is 1. The van der Waals surface area contributed by atoms with Crippen LogP contribution in [0, 0.1) is 0 Å². The van der Waals surface area contributed by atoms with E-state index in [-0.39, 0.29) is 0 Å². The van der Waals surface area contributed by atoms with Gasteiger partial charge in [0.1, 0.15) is 0 Å². The fourth-order valence-electron chi connectivity index (χ4n) is 1.48. The van der Waals surface area contributed by atoms with E-state index in [2.05, 4.69) is 27.0 Å². The lowest BCUT2D eigenvalue weighted by atomic mass is 10.3. The Bertz CT molecular complexity index is 420. The molecule has 2 aromatic rings. The quantitative estimate of drug-likeness (QED) is 0.792. The number of nitrogens with zero attached hydrogens (tertiary/aromatic N) is 2. The van der Waals surface area contributed by atoms with Crippen molar-refractivity contribution in [3.63, 3.8) is 0 Å². The van der Waals surface area contributed by atoms with Crippen LogP contribution in [0.15, 0.2) is 17.8 Å². The molecule has 0 saturated heterocycles. The summed E-state index contributed by atoms with van der Waals surface area (Å²) in [6, 6.07) is 0.391. The van der Waals surface area contributed by atoms with Gasteiger partial charge in [-0.25, -0.2) is 4.98 Å². The monoisotopic (exact) mass is 224 g/mol. The van der Waals surface area contributed by atoms with E-state index >= 15 is 0 Å². The van der Waals surface area contributed by atoms with E-state index in [1.54, 1.807) is 11.3 Å². The second-order valence-corrected chi connectivity index (χ2v) is 4.48. The molecule has 0 aliphatic rings. The first-order valence-electron chi connectivity index (χ1n) is 5.14. The molecule has 4 nitrogen and oxygen atoms in total. The highest BCUT2D eigenvalue weighted by atomic mass is 32.1. The van der Waals surface area contributed by atoms with Crippen molar-refractivity contribution in [2.75, 3.05) is 13.1 Å². The Morgan fingerprint density at radius 3 is 3.33 bits per heavy atom. The predicted molar refractivity (Wildman–Crippen MR) is 63.3 cm³/mol. The van der Waals surface area contributed by atoms with Crippen molar-refractivity contribution in [2.24, 2.45) is 5.73 Å². The van der Waals surface area contributed by atoms with E-state index < -0.39 is 0 Å². The molecule has 2 rings (SSSR count). The molecule has 0 spiro atoms. The number of imidazole rings is 1. The second-order valence-electron chi connectivity index (χ2n) is 3.65. The molecular weight excluding hydrogens is 208 g/mol. The summed E-state index contributed by atoms with van der Waals surface area (Å²) in [7, 11) is 0. The highest BCUT2D eigenvalue weighted by Gasteiger charge is 2.04. The lowest BCUT2D eigenvalue weighted by Crippen LogP contribution is -2.34. The summed E-state index contributed by atoms with van der Waals surface area (Å²) in [4.78, 5) is 5.31. The van der Waals surface area contributed by atoms with Crippen LogP contribution < -0.4 is 11.1 Å². The van der Waals surface area contributed by atoms with Gasteiger partial charge < -0.3 is 11.1 Å². The van der Waals surface area contributed by atoms with Gasteiger partial charge in [-0.15, -0.1) is 11.3 Å². The predicted octanol–water partition coefficient (Wildman–Crippen LogP) is 0.875. The van der Waals surface area contributed by atoms with E-state index in [1.165, 1.54) is 5.69 Å². The van der Waals surface area contributed by atoms with Crippen molar-refractivity contribution >= 4 is 16.3 Å². The Hall–Kier alpha value is -0.910. The SMILES string of the molecule is CC(CN)NCCc1csc2nccn12. The number of hydrogen-bond donors (Lipinski definition) is 2. The normalized spacial score (nSPS) is 13.5. The van der Waals surface area contributed by atoms with Crippen LogP contribution in [0.1, 0.15) is 12.6 Å². The maximum atomic E-state index is 5.53. The summed E-state index contributed by atoms with van der Waals surface area (Å²) in [5, 5.41) is 5.54. The minimum absolute atomic E-state index is 0.391. The zero-order chi connectivity index (χ0) is 10.7. The molecule has 3 N–H and O–H groups in total. The average Bonchev–Trinajstić information content (AvgIpc) is 2.81. The molecule has 0 saturated carbocycles. The first-order chi connectivity index (χ1) is 7.31. The maximum Gasteiger partial charge on any atom is 0.193 e. The van der Waals surface area contributed by atoms with E-state index in [0.29, 0.717) is 12.6 Å². The van der Waals surface area contributed by atoms with E-state index in [1.807, 2.05) is 12.4 Å². The highest BCUT2D eigenvalue weighted by Crippen LogP contribution is 2.14. The molecule has 0 aliphatic carbocycles. The topological polar surface area (TPSA) is 55.3 Å². The lowest BCUT2D eigenvalue weighted by Gasteiger charge is -2.10. The van der Waals surface area contributed by atoms with Crippen molar-refractivity contribution < 1.29 is 0 Å². The van der Waals surface area contributed by atoms with Gasteiger partial charge in [-0.3, -0.25) is 4.40 Å². The summed E-state index contributed by atoms with van der Waals surface area (Å²) in [6.07, 6.45) is 4.86. The van der Waals surface area contributed by atoms with Crippen LogP contribution in [0.5, 0.6) is 0 Å². The van der Waals surface area contributed by atoms with Crippen LogP contribution in [0.3, 0.4) is 0 Å². The van der Waals surface area contributed by atoms with Crippen LogP contribution in [0.25, 0.3) is 4.96 Å². The van der Waals surface area contributed by atoms with Gasteiger partial charge in [0, 0.05) is 49.0 Å². The zero-order valence-electron chi connectivity index (χ0n) is 8.81. The molecule has 1 atom stereocenters. The van der Waals surface area contributed by atoms with Gasteiger partial charge in [0.2, 0.25) is 0 Å². The number of nitrogens with two attached hydrogens (primary N) is 1. The fourth-order valence-corrected chi connectivity index (χ4v) is 2.37. The van der Waals surface area contributed by atoms with Crippen LogP contribution in [0.2, 0.25) is 0 Å². The first kappa shape index (κ1) is 10.6. The molecule has 82 valence electrons. The van der Waals surface area contributed by atoms with Gasteiger partial charge in [-0.2, -0.15) is 0 Å². The van der Waals surface area contributed by atoms with Crippen LogP contribution >= 0.6 is 11.3 Å². The van der Waals surface area contributed by atoms with Crippen LogP contribution in [-0.2, 0) is 6.42 Å². The number of aromatic nitrogens is 2. The lowest BCUT2D eigenvalue weighted by molar-refractivity contribution is 0.556. The molecule has 0 radical (unpaired) electrons. The molecule has 0 amide bonds. The Balaban J connectivity index is 1.92. The summed E-state index contributed by atoms with van der Waals surface area (Å²) < 4.78 is 2.14. The third-order valence-corrected chi connectivity index (χ3v) is 3.35. The number of hydrogen-bond acceptors (Lipinski definition) is 4. The minimum Gasteiger partial charge on any atom is -0.329 e. The van der Waals surface area contributed by atoms with Crippen LogP contribution in [0.4, 0.5) is 0 Å². The van der Waals surface area contributed by atoms with Gasteiger partial charge in [0.25, 0.3) is 0 Å². The fraction of sp³-hybridized carbons (Fsp3) is 0.500. The average molecular weight is 224 g/mol. The van der Waals surface area contributed by atoms with E-state index in [4.69, 9.17) is 5.73 Å². The molecule has 0 aromatic carbocycles. The van der Waals surface area contributed by atoms with Crippen molar-refractivity contribution in [1.29, 1.82) is 0 Å². The van der Waals surface area contributed by atoms with Gasteiger partial charge >= 0.3 is 0 Å². The standard InChI is InChI=1S/C10H16N4S/c1-8(6-11)12-3-2-9-7-15-10-13-4-5-14(9)10/h4-5,7-8,12H,2-3,6,11H2,1H3. The number of rotatable bonds is 5. The molecule has 5 heteroatoms. The molecule has 0 fully saturated rings. The Labute approximate surface area is 93.1 Å². The summed E-state index contributed by atoms with van der Waals surface area (Å²) in [5.41, 5.74) is 6.84. The summed E-state index contributed by atoms with van der Waals surface area (Å²) in [6.45, 7) is 3.74. The van der Waals surface area contributed by atoms with Gasteiger partial charge in [0.15, 0.2) is 4.96 Å².